The molecule has 0 spiro atoms. The third-order valence-electron chi connectivity index (χ3n) is 8.76. The second kappa shape index (κ2) is 12.2. The standard InChI is InChI=1S/C41H34N3O.Pt/c1-26(2)31-16-20-38(45)40-32(31)15-19-35(43-40)30-14-18-34-37(25-30)44(39-23-27(3)21-22-42-39)36-24-29(13-17-33(36)41(34,4)5)12-11-28-9-7-6-8-10-28;/h6-10,13-24,26,45H,1-5H3;/q-1;. The number of aryl methyl sites for hydroxylation is 1. The molecule has 0 aliphatic carbocycles. The largest absolute Gasteiger partial charge is 0.506 e. The number of pyridine rings is 2. The van der Waals surface area contributed by atoms with Crippen LogP contribution in [0.5, 0.6) is 5.75 Å². The first-order chi connectivity index (χ1) is 21.7. The summed E-state index contributed by atoms with van der Waals surface area (Å²) >= 11 is 0. The van der Waals surface area contributed by atoms with E-state index in [-0.39, 0.29) is 32.2 Å². The third-order valence-corrected chi connectivity index (χ3v) is 8.76. The Morgan fingerprint density at radius 3 is 2.35 bits per heavy atom. The zero-order valence-electron chi connectivity index (χ0n) is 26.5. The van der Waals surface area contributed by atoms with Gasteiger partial charge in [0, 0.05) is 43.8 Å². The van der Waals surface area contributed by atoms with Gasteiger partial charge in [0.15, 0.2) is 0 Å². The third kappa shape index (κ3) is 5.50. The van der Waals surface area contributed by atoms with Crippen molar-refractivity contribution in [3.05, 3.63) is 143 Å². The van der Waals surface area contributed by atoms with Gasteiger partial charge < -0.3 is 10.0 Å². The first-order valence-electron chi connectivity index (χ1n) is 15.3. The minimum atomic E-state index is -0.299. The summed E-state index contributed by atoms with van der Waals surface area (Å²) in [5, 5.41) is 11.7. The molecule has 0 saturated carbocycles. The number of benzene rings is 4. The van der Waals surface area contributed by atoms with Gasteiger partial charge in [-0.3, -0.25) is 4.98 Å². The summed E-state index contributed by atoms with van der Waals surface area (Å²) in [6.07, 6.45) is 1.85. The molecule has 4 nitrogen and oxygen atoms in total. The van der Waals surface area contributed by atoms with Gasteiger partial charge in [0.2, 0.25) is 0 Å². The molecule has 4 aromatic carbocycles. The van der Waals surface area contributed by atoms with Crippen LogP contribution in [0.15, 0.2) is 103 Å². The first kappa shape index (κ1) is 31.3. The minimum absolute atomic E-state index is 0. The summed E-state index contributed by atoms with van der Waals surface area (Å²) in [5.74, 6) is 8.00. The van der Waals surface area contributed by atoms with E-state index in [9.17, 15) is 5.11 Å². The van der Waals surface area contributed by atoms with E-state index >= 15 is 0 Å². The van der Waals surface area contributed by atoms with Crippen molar-refractivity contribution in [1.29, 1.82) is 0 Å². The normalized spacial score (nSPS) is 13.0. The van der Waals surface area contributed by atoms with Crippen molar-refractivity contribution in [2.45, 2.75) is 46.0 Å². The molecule has 0 fully saturated rings. The van der Waals surface area contributed by atoms with Crippen molar-refractivity contribution in [3.8, 4) is 28.8 Å². The van der Waals surface area contributed by atoms with Crippen LogP contribution in [0.3, 0.4) is 0 Å². The number of nitrogens with zero attached hydrogens (tertiary/aromatic N) is 3. The van der Waals surface area contributed by atoms with Crippen LogP contribution in [0.2, 0.25) is 0 Å². The molecule has 46 heavy (non-hydrogen) atoms. The first-order valence-corrected chi connectivity index (χ1v) is 15.3. The molecular weight excluding hydrogens is 746 g/mol. The summed E-state index contributed by atoms with van der Waals surface area (Å²) in [7, 11) is 0. The summed E-state index contributed by atoms with van der Waals surface area (Å²) < 4.78 is 0. The van der Waals surface area contributed by atoms with Crippen LogP contribution >= 0.6 is 0 Å². The number of aromatic nitrogens is 2. The Morgan fingerprint density at radius 1 is 0.826 bits per heavy atom. The molecule has 0 radical (unpaired) electrons. The fourth-order valence-corrected chi connectivity index (χ4v) is 6.33. The zero-order valence-corrected chi connectivity index (χ0v) is 28.8. The average molecular weight is 780 g/mol. The predicted octanol–water partition coefficient (Wildman–Crippen LogP) is 9.74. The topological polar surface area (TPSA) is 49.2 Å². The smallest absolute Gasteiger partial charge is 0.140 e. The summed E-state index contributed by atoms with van der Waals surface area (Å²) in [4.78, 5) is 12.0. The second-order valence-corrected chi connectivity index (χ2v) is 12.6. The van der Waals surface area contributed by atoms with Crippen molar-refractivity contribution >= 4 is 28.1 Å². The molecule has 230 valence electrons. The Bertz CT molecular complexity index is 2160. The molecular formula is C41H34N3OPt-. The molecule has 6 aromatic rings. The van der Waals surface area contributed by atoms with E-state index in [0.29, 0.717) is 11.4 Å². The van der Waals surface area contributed by atoms with Crippen molar-refractivity contribution in [2.24, 2.45) is 0 Å². The number of hydrogen-bond acceptors (Lipinski definition) is 4. The Balaban J connectivity index is 0.00000372. The van der Waals surface area contributed by atoms with Crippen molar-refractivity contribution < 1.29 is 26.2 Å². The van der Waals surface area contributed by atoms with Gasteiger partial charge in [-0.15, -0.1) is 23.8 Å². The molecule has 5 heteroatoms. The van der Waals surface area contributed by atoms with Gasteiger partial charge in [-0.2, -0.15) is 0 Å². The molecule has 0 amide bonds. The van der Waals surface area contributed by atoms with Crippen LogP contribution in [0.25, 0.3) is 22.2 Å². The number of hydrogen-bond donors (Lipinski definition) is 1. The molecule has 3 heterocycles. The minimum Gasteiger partial charge on any atom is -0.506 e. The molecule has 0 bridgehead atoms. The van der Waals surface area contributed by atoms with Gasteiger partial charge in [-0.25, -0.2) is 4.98 Å². The Kier molecular flexibility index (Phi) is 8.32. The van der Waals surface area contributed by atoms with Gasteiger partial charge in [0.05, 0.1) is 5.69 Å². The van der Waals surface area contributed by atoms with E-state index in [2.05, 4.69) is 99.9 Å². The molecule has 1 aliphatic heterocycles. The predicted molar refractivity (Wildman–Crippen MR) is 184 cm³/mol. The monoisotopic (exact) mass is 779 g/mol. The van der Waals surface area contributed by atoms with E-state index in [1.54, 1.807) is 6.07 Å². The SMILES string of the molecule is Cc1ccnc(N2c3[c-]c(-c4ccc5c(C(C)C)ccc(O)c5n4)ccc3C(C)(C)c3ccc(C#Cc4ccccc4)cc32)c1.[Pt]. The van der Waals surface area contributed by atoms with E-state index in [1.165, 1.54) is 5.56 Å². The van der Waals surface area contributed by atoms with Crippen LogP contribution in [0.1, 0.15) is 67.0 Å². The fraction of sp³-hybridized carbons (Fsp3) is 0.171. The quantitative estimate of drug-likeness (QED) is 0.144. The maximum Gasteiger partial charge on any atom is 0.140 e. The van der Waals surface area contributed by atoms with Crippen molar-refractivity contribution in [2.75, 3.05) is 4.90 Å². The molecule has 2 aromatic heterocycles. The number of phenolic OH excluding ortho intramolecular Hbond substituents is 1. The van der Waals surface area contributed by atoms with E-state index < -0.39 is 0 Å². The average Bonchev–Trinajstić information content (AvgIpc) is 3.04. The van der Waals surface area contributed by atoms with E-state index in [0.717, 1.165) is 61.7 Å². The number of rotatable bonds is 3. The van der Waals surface area contributed by atoms with Crippen LogP contribution in [0, 0.1) is 24.8 Å². The van der Waals surface area contributed by atoms with Gasteiger partial charge in [0.25, 0.3) is 0 Å². The number of phenols is 1. The molecule has 1 N–H and O–H groups in total. The van der Waals surface area contributed by atoms with Crippen LogP contribution < -0.4 is 4.90 Å². The number of anilines is 3. The van der Waals surface area contributed by atoms with Gasteiger partial charge in [-0.1, -0.05) is 87.6 Å². The second-order valence-electron chi connectivity index (χ2n) is 12.6. The Labute approximate surface area is 285 Å². The fourth-order valence-electron chi connectivity index (χ4n) is 6.33. The maximum absolute atomic E-state index is 10.8. The molecule has 0 unspecified atom stereocenters. The van der Waals surface area contributed by atoms with Crippen LogP contribution in [-0.2, 0) is 26.5 Å². The maximum atomic E-state index is 10.8. The Morgan fingerprint density at radius 2 is 1.59 bits per heavy atom. The summed E-state index contributed by atoms with van der Waals surface area (Å²) in [6.45, 7) is 10.9. The Hall–Kier alpha value is -4.71. The van der Waals surface area contributed by atoms with Crippen LogP contribution in [0.4, 0.5) is 17.2 Å². The van der Waals surface area contributed by atoms with Gasteiger partial charge in [-0.05, 0) is 88.8 Å². The molecule has 0 saturated heterocycles. The molecule has 1 aliphatic rings. The number of aromatic hydroxyl groups is 1. The zero-order chi connectivity index (χ0) is 31.3. The molecule has 7 rings (SSSR count). The van der Waals surface area contributed by atoms with Crippen molar-refractivity contribution in [1.82, 2.24) is 9.97 Å². The summed E-state index contributed by atoms with van der Waals surface area (Å²) in [6, 6.07) is 36.5. The van der Waals surface area contributed by atoms with E-state index in [4.69, 9.17) is 9.97 Å². The van der Waals surface area contributed by atoms with Gasteiger partial charge >= 0.3 is 0 Å². The van der Waals surface area contributed by atoms with Crippen molar-refractivity contribution in [3.63, 3.8) is 0 Å². The van der Waals surface area contributed by atoms with Crippen LogP contribution in [-0.4, -0.2) is 15.1 Å². The molecule has 0 atom stereocenters. The summed E-state index contributed by atoms with van der Waals surface area (Å²) in [5.41, 5.74) is 10.4. The van der Waals surface area contributed by atoms with Gasteiger partial charge in [0.1, 0.15) is 17.1 Å². The number of fused-ring (bicyclic) bond motifs is 3. The van der Waals surface area contributed by atoms with E-state index in [1.807, 2.05) is 54.7 Å².